The highest BCUT2D eigenvalue weighted by atomic mass is 16.7. The zero-order chi connectivity index (χ0) is 34.4. The first-order chi connectivity index (χ1) is 22.7. The first-order valence-corrected chi connectivity index (χ1v) is 17.0. The van der Waals surface area contributed by atoms with E-state index in [4.69, 9.17) is 18.9 Å². The lowest BCUT2D eigenvalue weighted by atomic mass is 9.42. The average molecular weight is 657 g/mol. The average Bonchev–Trinajstić information content (AvgIpc) is 3.74. The number of aliphatic hydroxyl groups is 1. The maximum Gasteiger partial charge on any atom is 0.333 e. The predicted molar refractivity (Wildman–Crippen MR) is 175 cm³/mol. The van der Waals surface area contributed by atoms with Gasteiger partial charge in [0, 0.05) is 36.3 Å². The maximum absolute atomic E-state index is 14.0. The van der Waals surface area contributed by atoms with Gasteiger partial charge in [-0.2, -0.15) is 0 Å². The van der Waals surface area contributed by atoms with Gasteiger partial charge in [-0.3, -0.25) is 9.59 Å². The Morgan fingerprint density at radius 2 is 1.79 bits per heavy atom. The summed E-state index contributed by atoms with van der Waals surface area (Å²) in [6, 6.07) is 9.43. The SMILES string of the molecule is CC(=O)OC1C=C(C(C)C2CC(C)=C(C)C(=O)O2)C2(C)CCC3C(CC4OC45C(OC(=O)C=Cc4ccccc4)C=CC(=O)C35C)C12O. The van der Waals surface area contributed by atoms with Crippen LogP contribution in [0.5, 0.6) is 0 Å². The van der Waals surface area contributed by atoms with E-state index in [2.05, 4.69) is 0 Å². The molecule has 11 unspecified atom stereocenters. The van der Waals surface area contributed by atoms with E-state index in [0.29, 0.717) is 31.3 Å². The van der Waals surface area contributed by atoms with Gasteiger partial charge in [0.2, 0.25) is 0 Å². The van der Waals surface area contributed by atoms with Crippen LogP contribution in [0.25, 0.3) is 6.08 Å². The van der Waals surface area contributed by atoms with Crippen molar-refractivity contribution in [2.45, 2.75) is 103 Å². The molecule has 4 aliphatic carbocycles. The molecule has 2 saturated carbocycles. The van der Waals surface area contributed by atoms with Crippen LogP contribution in [0.4, 0.5) is 0 Å². The summed E-state index contributed by atoms with van der Waals surface area (Å²) < 4.78 is 24.3. The fourth-order valence-electron chi connectivity index (χ4n) is 10.1. The summed E-state index contributed by atoms with van der Waals surface area (Å²) >= 11 is 0. The van der Waals surface area contributed by atoms with Gasteiger partial charge in [0.25, 0.3) is 0 Å². The number of cyclic esters (lactones) is 1. The van der Waals surface area contributed by atoms with Crippen molar-refractivity contribution >= 4 is 29.8 Å². The molecule has 7 rings (SSSR count). The van der Waals surface area contributed by atoms with E-state index >= 15 is 0 Å². The Bertz CT molecular complexity index is 1700. The number of epoxide rings is 1. The molecule has 6 aliphatic rings. The first kappa shape index (κ1) is 32.7. The predicted octanol–water partition coefficient (Wildman–Crippen LogP) is 5.22. The van der Waals surface area contributed by atoms with Crippen LogP contribution in [-0.4, -0.2) is 64.4 Å². The van der Waals surface area contributed by atoms with E-state index in [9.17, 15) is 24.3 Å². The highest BCUT2D eigenvalue weighted by Crippen LogP contribution is 2.74. The molecule has 2 heterocycles. The third-order valence-electron chi connectivity index (χ3n) is 12.9. The van der Waals surface area contributed by atoms with Gasteiger partial charge in [0.15, 0.2) is 11.9 Å². The molecule has 1 N–H and O–H groups in total. The zero-order valence-electron chi connectivity index (χ0n) is 28.4. The van der Waals surface area contributed by atoms with Crippen LogP contribution >= 0.6 is 0 Å². The molecule has 1 aromatic rings. The van der Waals surface area contributed by atoms with Gasteiger partial charge >= 0.3 is 17.9 Å². The van der Waals surface area contributed by atoms with Gasteiger partial charge < -0.3 is 24.1 Å². The van der Waals surface area contributed by atoms with E-state index in [0.717, 1.165) is 16.7 Å². The Labute approximate surface area is 281 Å². The molecule has 48 heavy (non-hydrogen) atoms. The number of hydrogen-bond donors (Lipinski definition) is 1. The lowest BCUT2D eigenvalue weighted by Crippen LogP contribution is -2.70. The van der Waals surface area contributed by atoms with Crippen LogP contribution in [0.2, 0.25) is 0 Å². The molecule has 9 nitrogen and oxygen atoms in total. The van der Waals surface area contributed by atoms with Crippen LogP contribution in [-0.2, 0) is 38.1 Å². The van der Waals surface area contributed by atoms with Crippen molar-refractivity contribution in [3.8, 4) is 0 Å². The van der Waals surface area contributed by atoms with E-state index in [-0.39, 0.29) is 23.6 Å². The number of ketones is 1. The van der Waals surface area contributed by atoms with Gasteiger partial charge in [0.1, 0.15) is 23.4 Å². The zero-order valence-corrected chi connectivity index (χ0v) is 28.4. The highest BCUT2D eigenvalue weighted by Gasteiger charge is 2.83. The number of allylic oxidation sites excluding steroid dienone is 1. The number of carbonyl (C=O) groups excluding carboxylic acids is 4. The molecule has 9 heteroatoms. The van der Waals surface area contributed by atoms with E-state index < -0.39 is 64.3 Å². The Kier molecular flexibility index (Phi) is 7.57. The lowest BCUT2D eigenvalue weighted by molar-refractivity contribution is -0.225. The highest BCUT2D eigenvalue weighted by molar-refractivity contribution is 5.98. The number of esters is 3. The quantitative estimate of drug-likeness (QED) is 0.144. The summed E-state index contributed by atoms with van der Waals surface area (Å²) in [4.78, 5) is 52.3. The number of ether oxygens (including phenoxy) is 4. The van der Waals surface area contributed by atoms with Crippen molar-refractivity contribution in [1.29, 1.82) is 0 Å². The maximum atomic E-state index is 14.0. The van der Waals surface area contributed by atoms with Crippen LogP contribution in [0.1, 0.15) is 72.8 Å². The number of hydrogen-bond acceptors (Lipinski definition) is 9. The van der Waals surface area contributed by atoms with E-state index in [1.165, 1.54) is 19.1 Å². The van der Waals surface area contributed by atoms with Crippen LogP contribution < -0.4 is 0 Å². The lowest BCUT2D eigenvalue weighted by Gasteiger charge is -2.61. The summed E-state index contributed by atoms with van der Waals surface area (Å²) in [7, 11) is 0. The smallest absolute Gasteiger partial charge is 0.333 e. The van der Waals surface area contributed by atoms with Crippen molar-refractivity contribution < 1.29 is 43.2 Å². The summed E-state index contributed by atoms with van der Waals surface area (Å²) in [5.74, 6) is -2.62. The number of fused-ring (bicyclic) bond motifs is 4. The molecule has 3 fully saturated rings. The third-order valence-corrected chi connectivity index (χ3v) is 12.9. The summed E-state index contributed by atoms with van der Waals surface area (Å²) in [6.45, 7) is 10.9. The minimum Gasteiger partial charge on any atom is -0.458 e. The van der Waals surface area contributed by atoms with Crippen LogP contribution in [0.15, 0.2) is 71.4 Å². The Balaban J connectivity index is 1.21. The van der Waals surface area contributed by atoms with Gasteiger partial charge in [-0.15, -0.1) is 0 Å². The molecule has 1 spiro atoms. The molecule has 1 saturated heterocycles. The first-order valence-electron chi connectivity index (χ1n) is 17.0. The molecule has 1 aromatic carbocycles. The largest absolute Gasteiger partial charge is 0.458 e. The number of carbonyl (C=O) groups is 4. The fraction of sp³-hybridized carbons (Fsp3) is 0.538. The molecule has 0 amide bonds. The van der Waals surface area contributed by atoms with Crippen molar-refractivity contribution in [3.05, 3.63) is 76.9 Å². The van der Waals surface area contributed by atoms with Crippen molar-refractivity contribution in [3.63, 3.8) is 0 Å². The van der Waals surface area contributed by atoms with Crippen LogP contribution in [0, 0.1) is 28.6 Å². The second-order valence-electron chi connectivity index (χ2n) is 15.1. The van der Waals surface area contributed by atoms with Crippen molar-refractivity contribution in [1.82, 2.24) is 0 Å². The Morgan fingerprint density at radius 1 is 1.06 bits per heavy atom. The normalized spacial score (nSPS) is 41.8. The molecule has 0 bridgehead atoms. The summed E-state index contributed by atoms with van der Waals surface area (Å²) in [5, 5.41) is 13.1. The molecule has 254 valence electrons. The Hall–Kier alpha value is -3.82. The second kappa shape index (κ2) is 11.1. The van der Waals surface area contributed by atoms with Gasteiger partial charge in [-0.1, -0.05) is 55.3 Å². The van der Waals surface area contributed by atoms with E-state index in [1.54, 1.807) is 19.1 Å². The summed E-state index contributed by atoms with van der Waals surface area (Å²) in [6.07, 6.45) is 7.47. The van der Waals surface area contributed by atoms with Gasteiger partial charge in [-0.25, -0.2) is 9.59 Å². The third kappa shape index (κ3) is 4.42. The Morgan fingerprint density at radius 3 is 2.48 bits per heavy atom. The topological polar surface area (TPSA) is 129 Å². The molecule has 11 atom stereocenters. The van der Waals surface area contributed by atoms with Gasteiger partial charge in [0.05, 0.1) is 11.5 Å². The number of rotatable bonds is 6. The molecule has 0 radical (unpaired) electrons. The molecule has 2 aliphatic heterocycles. The number of benzene rings is 1. The van der Waals surface area contributed by atoms with Crippen LogP contribution in [0.3, 0.4) is 0 Å². The monoisotopic (exact) mass is 656 g/mol. The fourth-order valence-corrected chi connectivity index (χ4v) is 10.1. The summed E-state index contributed by atoms with van der Waals surface area (Å²) in [5.41, 5.74) is -1.22. The van der Waals surface area contributed by atoms with E-state index in [1.807, 2.05) is 64.1 Å². The standard InChI is InChI=1S/C39H44O9/c1-21-18-29(46-35(43)22(21)2)23(3)27-19-32(45-24(4)40)38(44)28-20-33-39(48-33)31(47-34(42)15-12-25-10-8-7-9-11-25)14-13-30(41)37(39,6)26(28)16-17-36(27,38)5/h7-15,19,23,26,28-29,31-33,44H,16-18,20H2,1-6H3. The van der Waals surface area contributed by atoms with Crippen molar-refractivity contribution in [2.24, 2.45) is 28.6 Å². The van der Waals surface area contributed by atoms with Crippen molar-refractivity contribution in [2.75, 3.05) is 0 Å². The minimum atomic E-state index is -1.56. The second-order valence-corrected chi connectivity index (χ2v) is 15.1. The molecular weight excluding hydrogens is 612 g/mol. The molecular formula is C39H44O9. The molecule has 0 aromatic heterocycles. The van der Waals surface area contributed by atoms with Gasteiger partial charge in [-0.05, 0) is 81.7 Å². The minimum absolute atomic E-state index is 0.130.